The number of rotatable bonds is 9. The van der Waals surface area contributed by atoms with Crippen molar-refractivity contribution in [2.24, 2.45) is 28.6 Å². The lowest BCUT2D eigenvalue weighted by atomic mass is 9.46. The van der Waals surface area contributed by atoms with Crippen LogP contribution >= 0.6 is 0 Å². The third-order valence-corrected chi connectivity index (χ3v) is 8.66. The third-order valence-electron chi connectivity index (χ3n) is 8.66. The van der Waals surface area contributed by atoms with Crippen molar-refractivity contribution in [3.05, 3.63) is 12.2 Å². The van der Waals surface area contributed by atoms with Crippen LogP contribution in [-0.2, 0) is 23.9 Å². The van der Waals surface area contributed by atoms with Crippen molar-refractivity contribution >= 4 is 17.9 Å². The van der Waals surface area contributed by atoms with Gasteiger partial charge >= 0.3 is 17.9 Å². The Bertz CT molecular complexity index is 778. The number of carboxylic acids is 1. The molecule has 33 heavy (non-hydrogen) atoms. The first-order valence-corrected chi connectivity index (χ1v) is 12.1. The Balaban J connectivity index is 1.66. The summed E-state index contributed by atoms with van der Waals surface area (Å²) in [5.41, 5.74) is 0.433. The zero-order chi connectivity index (χ0) is 24.4. The summed E-state index contributed by atoms with van der Waals surface area (Å²) in [4.78, 5) is 35.2. The standard InChI is InChI=1S/C25H38O8/c1-15-7-10-19-24(2,12-11-20(27)25(19,3)14-26)17(15)9-8-16-18(13-32-23(16)31)33-22(30)6-4-5-21(28)29/h16-20,26-27H,1,4-14H2,2-3H3,(H,28,29)/t16?,17-,18-,19+,20-,24+,25+/m1/s1. The van der Waals surface area contributed by atoms with Crippen LogP contribution in [-0.4, -0.2) is 58.6 Å². The zero-order valence-corrected chi connectivity index (χ0v) is 19.8. The van der Waals surface area contributed by atoms with Gasteiger partial charge in [-0.15, -0.1) is 0 Å². The minimum atomic E-state index is -0.966. The number of cyclic esters (lactones) is 1. The van der Waals surface area contributed by atoms with Crippen molar-refractivity contribution in [1.29, 1.82) is 0 Å². The number of hydrogen-bond donors (Lipinski definition) is 3. The van der Waals surface area contributed by atoms with E-state index in [1.54, 1.807) is 0 Å². The topological polar surface area (TPSA) is 130 Å². The number of aliphatic hydroxyl groups is 2. The van der Waals surface area contributed by atoms with Crippen LogP contribution in [0.4, 0.5) is 0 Å². The Morgan fingerprint density at radius 3 is 2.61 bits per heavy atom. The molecule has 186 valence electrons. The fourth-order valence-corrected chi connectivity index (χ4v) is 6.65. The van der Waals surface area contributed by atoms with E-state index in [9.17, 15) is 24.6 Å². The molecule has 2 saturated carbocycles. The van der Waals surface area contributed by atoms with Crippen LogP contribution in [0.25, 0.3) is 0 Å². The summed E-state index contributed by atoms with van der Waals surface area (Å²) in [5, 5.41) is 29.5. The lowest BCUT2D eigenvalue weighted by Gasteiger charge is -2.60. The minimum absolute atomic E-state index is 0.00897. The maximum absolute atomic E-state index is 12.4. The molecule has 3 rings (SSSR count). The number of aliphatic hydroxyl groups excluding tert-OH is 2. The molecule has 2 aliphatic carbocycles. The molecule has 3 fully saturated rings. The van der Waals surface area contributed by atoms with E-state index in [1.165, 1.54) is 0 Å². The molecule has 0 aromatic heterocycles. The summed E-state index contributed by atoms with van der Waals surface area (Å²) < 4.78 is 10.7. The molecule has 1 aliphatic heterocycles. The maximum atomic E-state index is 12.4. The Labute approximate surface area is 195 Å². The molecular weight excluding hydrogens is 428 g/mol. The molecule has 8 heteroatoms. The van der Waals surface area contributed by atoms with Crippen LogP contribution in [0.3, 0.4) is 0 Å². The molecule has 0 spiro atoms. The Morgan fingerprint density at radius 1 is 1.21 bits per heavy atom. The molecule has 0 bridgehead atoms. The maximum Gasteiger partial charge on any atom is 0.312 e. The highest BCUT2D eigenvalue weighted by Gasteiger charge is 2.57. The van der Waals surface area contributed by atoms with E-state index in [0.29, 0.717) is 19.3 Å². The van der Waals surface area contributed by atoms with Crippen molar-refractivity contribution in [3.63, 3.8) is 0 Å². The molecule has 1 unspecified atom stereocenters. The normalized spacial score (nSPS) is 38.5. The molecule has 0 amide bonds. The Morgan fingerprint density at radius 2 is 1.94 bits per heavy atom. The average molecular weight is 467 g/mol. The molecule has 0 aromatic carbocycles. The number of carboxylic acid groups (broad SMARTS) is 1. The number of ether oxygens (including phenoxy) is 2. The molecule has 3 aliphatic rings. The lowest BCUT2D eigenvalue weighted by Crippen LogP contribution is -2.57. The summed E-state index contributed by atoms with van der Waals surface area (Å²) in [5.74, 6) is -2.13. The van der Waals surface area contributed by atoms with E-state index in [1.807, 2.05) is 6.92 Å². The molecule has 1 heterocycles. The summed E-state index contributed by atoms with van der Waals surface area (Å²) in [6.07, 6.45) is 3.21. The van der Waals surface area contributed by atoms with Crippen molar-refractivity contribution in [3.8, 4) is 0 Å². The Hall–Kier alpha value is -1.93. The van der Waals surface area contributed by atoms with Gasteiger partial charge in [0.1, 0.15) is 12.7 Å². The first-order valence-electron chi connectivity index (χ1n) is 12.1. The Kier molecular flexibility index (Phi) is 7.89. The van der Waals surface area contributed by atoms with Gasteiger partial charge in [-0.1, -0.05) is 26.0 Å². The van der Waals surface area contributed by atoms with Crippen LogP contribution in [0.2, 0.25) is 0 Å². The highest BCUT2D eigenvalue weighted by Crippen LogP contribution is 2.62. The molecule has 3 N–H and O–H groups in total. The molecule has 0 aromatic rings. The summed E-state index contributed by atoms with van der Waals surface area (Å²) >= 11 is 0. The third kappa shape index (κ3) is 5.11. The van der Waals surface area contributed by atoms with Crippen LogP contribution in [0.1, 0.15) is 71.6 Å². The van der Waals surface area contributed by atoms with Crippen LogP contribution in [0, 0.1) is 28.6 Å². The fraction of sp³-hybridized carbons (Fsp3) is 0.800. The van der Waals surface area contributed by atoms with E-state index in [4.69, 9.17) is 14.6 Å². The molecule has 7 atom stereocenters. The van der Waals surface area contributed by atoms with Gasteiger partial charge in [0, 0.05) is 18.3 Å². The number of hydrogen-bond acceptors (Lipinski definition) is 7. The van der Waals surface area contributed by atoms with Gasteiger partial charge in [0.2, 0.25) is 0 Å². The van der Waals surface area contributed by atoms with Gasteiger partial charge in [0.05, 0.1) is 18.6 Å². The SMILES string of the molecule is C=C1CC[C@@H]2[C@](C)(CO)[C@H](O)CC[C@@]2(C)[C@@H]1CCC1C(=O)OC[C@H]1OC(=O)CCCC(=O)O. The summed E-state index contributed by atoms with van der Waals surface area (Å²) in [7, 11) is 0. The van der Waals surface area contributed by atoms with Gasteiger partial charge in [-0.2, -0.15) is 0 Å². The number of esters is 2. The van der Waals surface area contributed by atoms with Gasteiger partial charge in [-0.25, -0.2) is 0 Å². The summed E-state index contributed by atoms with van der Waals surface area (Å²) in [6.45, 7) is 8.48. The average Bonchev–Trinajstić information content (AvgIpc) is 3.09. The predicted octanol–water partition coefficient (Wildman–Crippen LogP) is 2.85. The van der Waals surface area contributed by atoms with Crippen LogP contribution < -0.4 is 0 Å². The molecule has 1 saturated heterocycles. The van der Waals surface area contributed by atoms with Gasteiger partial charge in [-0.3, -0.25) is 14.4 Å². The quantitative estimate of drug-likeness (QED) is 0.349. The van der Waals surface area contributed by atoms with Crippen molar-refractivity contribution in [2.45, 2.75) is 83.8 Å². The number of fused-ring (bicyclic) bond motifs is 1. The minimum Gasteiger partial charge on any atom is -0.481 e. The van der Waals surface area contributed by atoms with Gasteiger partial charge in [0.25, 0.3) is 0 Å². The van der Waals surface area contributed by atoms with Crippen molar-refractivity contribution < 1.29 is 39.2 Å². The molecule has 0 radical (unpaired) electrons. The first kappa shape index (κ1) is 25.7. The number of carbonyl (C=O) groups is 3. The van der Waals surface area contributed by atoms with Crippen molar-refractivity contribution in [1.82, 2.24) is 0 Å². The lowest BCUT2D eigenvalue weighted by molar-refractivity contribution is -0.154. The van der Waals surface area contributed by atoms with E-state index >= 15 is 0 Å². The van der Waals surface area contributed by atoms with E-state index < -0.39 is 35.5 Å². The second-order valence-electron chi connectivity index (χ2n) is 10.6. The number of carbonyl (C=O) groups excluding carboxylic acids is 2. The highest BCUT2D eigenvalue weighted by molar-refractivity contribution is 5.77. The number of allylic oxidation sites excluding steroid dienone is 1. The second-order valence-corrected chi connectivity index (χ2v) is 10.6. The van der Waals surface area contributed by atoms with Crippen molar-refractivity contribution in [2.75, 3.05) is 13.2 Å². The van der Waals surface area contributed by atoms with Crippen LogP contribution in [0.5, 0.6) is 0 Å². The van der Waals surface area contributed by atoms with Gasteiger partial charge < -0.3 is 24.8 Å². The van der Waals surface area contributed by atoms with E-state index in [-0.39, 0.29) is 55.7 Å². The first-order chi connectivity index (χ1) is 15.5. The monoisotopic (exact) mass is 466 g/mol. The van der Waals surface area contributed by atoms with E-state index in [2.05, 4.69) is 13.5 Å². The fourth-order valence-electron chi connectivity index (χ4n) is 6.65. The highest BCUT2D eigenvalue weighted by atomic mass is 16.6. The number of aliphatic carboxylic acids is 1. The van der Waals surface area contributed by atoms with Gasteiger partial charge in [-0.05, 0) is 62.2 Å². The molecular formula is C25H38O8. The predicted molar refractivity (Wildman–Crippen MR) is 119 cm³/mol. The second kappa shape index (κ2) is 10.1. The smallest absolute Gasteiger partial charge is 0.312 e. The van der Waals surface area contributed by atoms with E-state index in [0.717, 1.165) is 24.8 Å². The van der Waals surface area contributed by atoms with Gasteiger partial charge in [0.15, 0.2) is 0 Å². The summed E-state index contributed by atoms with van der Waals surface area (Å²) in [6, 6.07) is 0. The largest absolute Gasteiger partial charge is 0.481 e. The molecule has 8 nitrogen and oxygen atoms in total. The van der Waals surface area contributed by atoms with Crippen LogP contribution in [0.15, 0.2) is 12.2 Å². The zero-order valence-electron chi connectivity index (χ0n) is 19.8.